The number of carbonyl (C=O) groups excluding carboxylic acids is 1. The van der Waals surface area contributed by atoms with Gasteiger partial charge < -0.3 is 9.64 Å². The molecule has 2 aromatic carbocycles. The highest BCUT2D eigenvalue weighted by atomic mass is 19.1. The van der Waals surface area contributed by atoms with E-state index in [1.807, 2.05) is 25.1 Å². The van der Waals surface area contributed by atoms with Gasteiger partial charge in [0.15, 0.2) is 6.10 Å². The summed E-state index contributed by atoms with van der Waals surface area (Å²) >= 11 is 0. The quantitative estimate of drug-likeness (QED) is 0.846. The molecule has 0 unspecified atom stereocenters. The lowest BCUT2D eigenvalue weighted by Crippen LogP contribution is -2.44. The molecule has 3 nitrogen and oxygen atoms in total. The number of fused-ring (bicyclic) bond motifs is 1. The molecule has 0 saturated carbocycles. The average Bonchev–Trinajstić information content (AvgIpc) is 2.46. The highest BCUT2D eigenvalue weighted by Gasteiger charge is 2.31. The standard InChI is InChI=1S/C17H16FNO2/c1-11-7-8-16-15(9-11)19(17(20)12(2)21-16)10-13-5-3-4-6-14(13)18/h3-9,12H,10H2,1-2H3/t12-/m0/s1. The van der Waals surface area contributed by atoms with E-state index in [9.17, 15) is 9.18 Å². The molecule has 0 radical (unpaired) electrons. The number of hydrogen-bond donors (Lipinski definition) is 0. The van der Waals surface area contributed by atoms with Crippen LogP contribution in [0, 0.1) is 12.7 Å². The second-order valence-corrected chi connectivity index (χ2v) is 5.25. The van der Waals surface area contributed by atoms with E-state index in [1.54, 1.807) is 30.0 Å². The molecule has 3 rings (SSSR count). The molecule has 1 amide bonds. The van der Waals surface area contributed by atoms with Gasteiger partial charge in [-0.15, -0.1) is 0 Å². The van der Waals surface area contributed by atoms with Crippen molar-refractivity contribution in [3.05, 3.63) is 59.4 Å². The Bertz CT molecular complexity index is 699. The molecule has 1 aliphatic heterocycles. The molecule has 1 aliphatic rings. The molecule has 0 bridgehead atoms. The second kappa shape index (κ2) is 5.20. The van der Waals surface area contributed by atoms with E-state index in [0.29, 0.717) is 17.0 Å². The predicted molar refractivity (Wildman–Crippen MR) is 78.9 cm³/mol. The topological polar surface area (TPSA) is 29.5 Å². The van der Waals surface area contributed by atoms with Crippen LogP contribution >= 0.6 is 0 Å². The van der Waals surface area contributed by atoms with Crippen molar-refractivity contribution in [1.29, 1.82) is 0 Å². The van der Waals surface area contributed by atoms with E-state index in [0.717, 1.165) is 5.56 Å². The Morgan fingerprint density at radius 3 is 2.76 bits per heavy atom. The number of halogens is 1. The summed E-state index contributed by atoms with van der Waals surface area (Å²) in [5.41, 5.74) is 2.21. The van der Waals surface area contributed by atoms with Gasteiger partial charge in [-0.2, -0.15) is 0 Å². The van der Waals surface area contributed by atoms with Gasteiger partial charge in [0, 0.05) is 5.56 Å². The van der Waals surface area contributed by atoms with Crippen molar-refractivity contribution in [2.75, 3.05) is 4.90 Å². The van der Waals surface area contributed by atoms with Crippen LogP contribution in [0.1, 0.15) is 18.1 Å². The molecular formula is C17H16FNO2. The van der Waals surface area contributed by atoms with Crippen LogP contribution in [0.25, 0.3) is 0 Å². The van der Waals surface area contributed by atoms with E-state index in [1.165, 1.54) is 6.07 Å². The van der Waals surface area contributed by atoms with Crippen molar-refractivity contribution in [2.24, 2.45) is 0 Å². The lowest BCUT2D eigenvalue weighted by atomic mass is 10.1. The smallest absolute Gasteiger partial charge is 0.268 e. The maximum absolute atomic E-state index is 13.9. The van der Waals surface area contributed by atoms with E-state index >= 15 is 0 Å². The minimum Gasteiger partial charge on any atom is -0.479 e. The SMILES string of the molecule is Cc1ccc2c(c1)N(Cc1ccccc1F)C(=O)[C@H](C)O2. The monoisotopic (exact) mass is 285 g/mol. The molecule has 1 heterocycles. The Morgan fingerprint density at radius 1 is 1.24 bits per heavy atom. The summed E-state index contributed by atoms with van der Waals surface area (Å²) in [6.45, 7) is 3.86. The molecule has 0 saturated heterocycles. The van der Waals surface area contributed by atoms with Crippen molar-refractivity contribution >= 4 is 11.6 Å². The zero-order valence-corrected chi connectivity index (χ0v) is 12.0. The van der Waals surface area contributed by atoms with Crippen LogP contribution in [0.2, 0.25) is 0 Å². The number of carbonyl (C=O) groups is 1. The Morgan fingerprint density at radius 2 is 2.00 bits per heavy atom. The number of benzene rings is 2. The van der Waals surface area contributed by atoms with Crippen molar-refractivity contribution in [3.8, 4) is 5.75 Å². The van der Waals surface area contributed by atoms with Crippen LogP contribution < -0.4 is 9.64 Å². The molecule has 0 aromatic heterocycles. The number of rotatable bonds is 2. The van der Waals surface area contributed by atoms with Crippen LogP contribution in [0.3, 0.4) is 0 Å². The number of aryl methyl sites for hydroxylation is 1. The zero-order chi connectivity index (χ0) is 15.0. The first-order chi connectivity index (χ1) is 10.1. The molecule has 0 fully saturated rings. The lowest BCUT2D eigenvalue weighted by Gasteiger charge is -2.33. The predicted octanol–water partition coefficient (Wildman–Crippen LogP) is 3.45. The van der Waals surface area contributed by atoms with E-state index in [2.05, 4.69) is 0 Å². The van der Waals surface area contributed by atoms with Gasteiger partial charge in [0.2, 0.25) is 0 Å². The maximum atomic E-state index is 13.9. The Hall–Kier alpha value is -2.36. The minimum absolute atomic E-state index is 0.156. The Kier molecular flexibility index (Phi) is 3.37. The summed E-state index contributed by atoms with van der Waals surface area (Å²) < 4.78 is 19.5. The number of amides is 1. The fourth-order valence-electron chi connectivity index (χ4n) is 2.48. The third kappa shape index (κ3) is 2.49. The van der Waals surface area contributed by atoms with Crippen LogP contribution in [0.15, 0.2) is 42.5 Å². The fourth-order valence-corrected chi connectivity index (χ4v) is 2.48. The van der Waals surface area contributed by atoms with Crippen LogP contribution in [0.4, 0.5) is 10.1 Å². The van der Waals surface area contributed by atoms with E-state index < -0.39 is 6.10 Å². The lowest BCUT2D eigenvalue weighted by molar-refractivity contribution is -0.125. The fraction of sp³-hybridized carbons (Fsp3) is 0.235. The van der Waals surface area contributed by atoms with Gasteiger partial charge in [0.05, 0.1) is 12.2 Å². The minimum atomic E-state index is -0.563. The molecule has 1 atom stereocenters. The summed E-state index contributed by atoms with van der Waals surface area (Å²) in [4.78, 5) is 14.0. The van der Waals surface area contributed by atoms with E-state index in [4.69, 9.17) is 4.74 Å². The average molecular weight is 285 g/mol. The van der Waals surface area contributed by atoms with Crippen molar-refractivity contribution in [1.82, 2.24) is 0 Å². The first kappa shape index (κ1) is 13.6. The number of hydrogen-bond acceptors (Lipinski definition) is 2. The van der Waals surface area contributed by atoms with Gasteiger partial charge in [-0.25, -0.2) is 4.39 Å². The third-order valence-electron chi connectivity index (χ3n) is 3.61. The van der Waals surface area contributed by atoms with Crippen LogP contribution in [0.5, 0.6) is 5.75 Å². The third-order valence-corrected chi connectivity index (χ3v) is 3.61. The summed E-state index contributed by atoms with van der Waals surface area (Å²) in [5.74, 6) is 0.194. The van der Waals surface area contributed by atoms with Crippen LogP contribution in [-0.2, 0) is 11.3 Å². The molecule has 2 aromatic rings. The van der Waals surface area contributed by atoms with E-state index in [-0.39, 0.29) is 18.3 Å². The van der Waals surface area contributed by atoms with Gasteiger partial charge in [-0.05, 0) is 37.6 Å². The van der Waals surface area contributed by atoms with Crippen molar-refractivity contribution in [3.63, 3.8) is 0 Å². The molecule has 0 spiro atoms. The van der Waals surface area contributed by atoms with Gasteiger partial charge in [0.25, 0.3) is 5.91 Å². The van der Waals surface area contributed by atoms with Gasteiger partial charge in [-0.3, -0.25) is 4.79 Å². The number of ether oxygens (including phenoxy) is 1. The van der Waals surface area contributed by atoms with Gasteiger partial charge in [0.1, 0.15) is 11.6 Å². The molecule has 108 valence electrons. The Labute approximate surface area is 123 Å². The maximum Gasteiger partial charge on any atom is 0.268 e. The largest absolute Gasteiger partial charge is 0.479 e. The molecule has 4 heteroatoms. The molecular weight excluding hydrogens is 269 g/mol. The van der Waals surface area contributed by atoms with Gasteiger partial charge in [-0.1, -0.05) is 24.3 Å². The summed E-state index contributed by atoms with van der Waals surface area (Å²) in [6, 6.07) is 12.2. The highest BCUT2D eigenvalue weighted by Crippen LogP contribution is 2.35. The normalized spacial score (nSPS) is 17.4. The molecule has 0 aliphatic carbocycles. The van der Waals surface area contributed by atoms with Gasteiger partial charge >= 0.3 is 0 Å². The number of anilines is 1. The highest BCUT2D eigenvalue weighted by molar-refractivity contribution is 5.99. The number of nitrogens with zero attached hydrogens (tertiary/aromatic N) is 1. The molecule has 0 N–H and O–H groups in total. The first-order valence-corrected chi connectivity index (χ1v) is 6.88. The summed E-state index contributed by atoms with van der Waals surface area (Å²) in [5, 5.41) is 0. The van der Waals surface area contributed by atoms with Crippen molar-refractivity contribution < 1.29 is 13.9 Å². The first-order valence-electron chi connectivity index (χ1n) is 6.88. The summed E-state index contributed by atoms with van der Waals surface area (Å²) in [7, 11) is 0. The van der Waals surface area contributed by atoms with Crippen LogP contribution in [-0.4, -0.2) is 12.0 Å². The molecule has 21 heavy (non-hydrogen) atoms. The van der Waals surface area contributed by atoms with Crippen molar-refractivity contribution in [2.45, 2.75) is 26.5 Å². The zero-order valence-electron chi connectivity index (χ0n) is 12.0. The summed E-state index contributed by atoms with van der Waals surface area (Å²) in [6.07, 6.45) is -0.563. The second-order valence-electron chi connectivity index (χ2n) is 5.25. The Balaban J connectivity index is 2.03.